The number of hydrogen-bond donors (Lipinski definition) is 3. The van der Waals surface area contributed by atoms with Gasteiger partial charge in [0.25, 0.3) is 5.69 Å². The van der Waals surface area contributed by atoms with Crippen molar-refractivity contribution in [2.24, 2.45) is 0 Å². The Kier molecular flexibility index (Phi) is 9.10. The topological polar surface area (TPSA) is 165 Å². The molecule has 0 aliphatic carbocycles. The van der Waals surface area contributed by atoms with E-state index >= 15 is 0 Å². The number of alkyl carbamates (subject to hydrolysis) is 1. The van der Waals surface area contributed by atoms with E-state index in [2.05, 4.69) is 10.0 Å². The molecular weight excluding hydrogens is 442 g/mol. The van der Waals surface area contributed by atoms with Crippen LogP contribution in [0.3, 0.4) is 0 Å². The van der Waals surface area contributed by atoms with Gasteiger partial charge in [-0.15, -0.1) is 0 Å². The smallest absolute Gasteiger partial charge is 0.407 e. The number of nitro benzene ring substituents is 1. The number of carboxylic acids is 1. The molecule has 0 aromatic heterocycles. The Balaban J connectivity index is 1.76. The molecule has 0 aliphatic rings. The molecule has 0 saturated heterocycles. The van der Waals surface area contributed by atoms with Crippen LogP contribution in [0.4, 0.5) is 10.5 Å². The van der Waals surface area contributed by atoms with E-state index in [0.29, 0.717) is 12.8 Å². The monoisotopic (exact) mass is 465 g/mol. The number of sulfonamides is 1. The highest BCUT2D eigenvalue weighted by Gasteiger charge is 2.25. The average Bonchev–Trinajstić information content (AvgIpc) is 2.77. The predicted octanol–water partition coefficient (Wildman–Crippen LogP) is 2.42. The SMILES string of the molecule is O=C(NCCCC[C@H](NS(=O)(=O)c1ccc([N+](=O)[O-])cc1)C(=O)O)OCc1ccccc1. The first kappa shape index (κ1) is 24.8. The van der Waals surface area contributed by atoms with E-state index in [1.54, 1.807) is 0 Å². The maximum absolute atomic E-state index is 12.4. The molecule has 0 saturated carbocycles. The minimum atomic E-state index is -4.18. The van der Waals surface area contributed by atoms with Crippen molar-refractivity contribution in [3.05, 3.63) is 70.3 Å². The van der Waals surface area contributed by atoms with Gasteiger partial charge in [0.05, 0.1) is 9.82 Å². The fraction of sp³-hybridized carbons (Fsp3) is 0.300. The first-order valence-corrected chi connectivity index (χ1v) is 11.1. The second-order valence-corrected chi connectivity index (χ2v) is 8.46. The van der Waals surface area contributed by atoms with Gasteiger partial charge in [0, 0.05) is 18.7 Å². The van der Waals surface area contributed by atoms with Gasteiger partial charge in [0.15, 0.2) is 0 Å². The van der Waals surface area contributed by atoms with Crippen LogP contribution in [0.2, 0.25) is 0 Å². The summed E-state index contributed by atoms with van der Waals surface area (Å²) in [4.78, 5) is 32.8. The second-order valence-electron chi connectivity index (χ2n) is 6.75. The van der Waals surface area contributed by atoms with E-state index in [9.17, 15) is 33.2 Å². The largest absolute Gasteiger partial charge is 0.480 e. The molecule has 172 valence electrons. The molecule has 2 aromatic carbocycles. The summed E-state index contributed by atoms with van der Waals surface area (Å²) >= 11 is 0. The summed E-state index contributed by atoms with van der Waals surface area (Å²) in [6, 6.07) is 11.8. The zero-order chi connectivity index (χ0) is 23.6. The van der Waals surface area contributed by atoms with E-state index in [1.807, 2.05) is 30.3 Å². The summed E-state index contributed by atoms with van der Waals surface area (Å²) in [7, 11) is -4.18. The third kappa shape index (κ3) is 7.96. The van der Waals surface area contributed by atoms with Crippen LogP contribution in [0.1, 0.15) is 24.8 Å². The van der Waals surface area contributed by atoms with Gasteiger partial charge in [0.1, 0.15) is 12.6 Å². The fourth-order valence-electron chi connectivity index (χ4n) is 2.67. The quantitative estimate of drug-likeness (QED) is 0.244. The van der Waals surface area contributed by atoms with Crippen LogP contribution in [0.15, 0.2) is 59.5 Å². The van der Waals surface area contributed by atoms with E-state index in [-0.39, 0.29) is 30.2 Å². The van der Waals surface area contributed by atoms with E-state index in [0.717, 1.165) is 29.8 Å². The lowest BCUT2D eigenvalue weighted by Gasteiger charge is -2.15. The molecule has 0 aliphatic heterocycles. The number of benzene rings is 2. The zero-order valence-corrected chi connectivity index (χ0v) is 17.8. The molecule has 3 N–H and O–H groups in total. The Morgan fingerprint density at radius 1 is 1.06 bits per heavy atom. The molecule has 11 nitrogen and oxygen atoms in total. The van der Waals surface area contributed by atoms with Gasteiger partial charge >= 0.3 is 12.1 Å². The van der Waals surface area contributed by atoms with Crippen LogP contribution in [0, 0.1) is 10.1 Å². The summed E-state index contributed by atoms with van der Waals surface area (Å²) < 4.78 is 31.9. The van der Waals surface area contributed by atoms with Gasteiger partial charge < -0.3 is 15.2 Å². The maximum Gasteiger partial charge on any atom is 0.407 e. The number of carbonyl (C=O) groups excluding carboxylic acids is 1. The third-order valence-electron chi connectivity index (χ3n) is 4.36. The molecule has 2 rings (SSSR count). The Labute approximate surface area is 184 Å². The van der Waals surface area contributed by atoms with Gasteiger partial charge in [0.2, 0.25) is 10.0 Å². The summed E-state index contributed by atoms with van der Waals surface area (Å²) in [6.07, 6.45) is 0.104. The summed E-state index contributed by atoms with van der Waals surface area (Å²) in [6.45, 7) is 0.354. The molecular formula is C20H23N3O8S. The number of nitro groups is 1. The summed E-state index contributed by atoms with van der Waals surface area (Å²) in [5, 5.41) is 22.5. The molecule has 0 radical (unpaired) electrons. The Morgan fingerprint density at radius 3 is 2.31 bits per heavy atom. The fourth-order valence-corrected chi connectivity index (χ4v) is 3.90. The number of rotatable bonds is 12. The first-order chi connectivity index (χ1) is 15.2. The van der Waals surface area contributed by atoms with Crippen LogP contribution in [0.5, 0.6) is 0 Å². The van der Waals surface area contributed by atoms with Crippen LogP contribution in [-0.4, -0.2) is 43.1 Å². The molecule has 2 aromatic rings. The van der Waals surface area contributed by atoms with E-state index in [4.69, 9.17) is 4.74 Å². The van der Waals surface area contributed by atoms with Crippen molar-refractivity contribution in [3.63, 3.8) is 0 Å². The molecule has 0 fully saturated rings. The van der Waals surface area contributed by atoms with Crippen molar-refractivity contribution in [2.75, 3.05) is 6.54 Å². The molecule has 0 heterocycles. The molecule has 1 atom stereocenters. The number of aliphatic carboxylic acids is 1. The number of ether oxygens (including phenoxy) is 1. The standard InChI is InChI=1S/C20H23N3O8S/c24-19(25)18(22-32(29,30)17-11-9-16(10-12-17)23(27)28)8-4-5-13-21-20(26)31-14-15-6-2-1-3-7-15/h1-3,6-7,9-12,18,22H,4-5,8,13-14H2,(H,21,26)(H,24,25)/t18-/m0/s1. The normalized spacial score (nSPS) is 12.0. The summed E-state index contributed by atoms with van der Waals surface area (Å²) in [5.41, 5.74) is 0.556. The van der Waals surface area contributed by atoms with Crippen LogP contribution < -0.4 is 10.0 Å². The highest BCUT2D eigenvalue weighted by atomic mass is 32.2. The van der Waals surface area contributed by atoms with Gasteiger partial charge in [-0.25, -0.2) is 13.2 Å². The Bertz CT molecular complexity index is 1030. The molecule has 0 spiro atoms. The summed E-state index contributed by atoms with van der Waals surface area (Å²) in [5.74, 6) is -1.36. The number of hydrogen-bond acceptors (Lipinski definition) is 7. The highest BCUT2D eigenvalue weighted by molar-refractivity contribution is 7.89. The van der Waals surface area contributed by atoms with Crippen LogP contribution in [-0.2, 0) is 26.2 Å². The van der Waals surface area contributed by atoms with Crippen molar-refractivity contribution in [1.29, 1.82) is 0 Å². The van der Waals surface area contributed by atoms with Crippen molar-refractivity contribution < 1.29 is 32.8 Å². The van der Waals surface area contributed by atoms with Gasteiger partial charge in [-0.3, -0.25) is 14.9 Å². The number of nitrogens with zero attached hydrogens (tertiary/aromatic N) is 1. The van der Waals surface area contributed by atoms with E-state index in [1.165, 1.54) is 0 Å². The molecule has 32 heavy (non-hydrogen) atoms. The van der Waals surface area contributed by atoms with Gasteiger partial charge in [-0.05, 0) is 37.0 Å². The number of carboxylic acid groups (broad SMARTS) is 1. The molecule has 0 unspecified atom stereocenters. The molecule has 12 heteroatoms. The highest BCUT2D eigenvalue weighted by Crippen LogP contribution is 2.16. The van der Waals surface area contributed by atoms with Crippen molar-refractivity contribution >= 4 is 27.8 Å². The Hall–Kier alpha value is -3.51. The number of unbranched alkanes of at least 4 members (excludes halogenated alkanes) is 1. The van der Waals surface area contributed by atoms with Crippen molar-refractivity contribution in [2.45, 2.75) is 36.8 Å². The number of carbonyl (C=O) groups is 2. The van der Waals surface area contributed by atoms with Crippen LogP contribution in [0.25, 0.3) is 0 Å². The predicted molar refractivity (Wildman–Crippen MR) is 113 cm³/mol. The van der Waals surface area contributed by atoms with E-state index < -0.39 is 33.1 Å². The lowest BCUT2D eigenvalue weighted by Crippen LogP contribution is -2.40. The molecule has 0 bridgehead atoms. The third-order valence-corrected chi connectivity index (χ3v) is 5.84. The zero-order valence-electron chi connectivity index (χ0n) is 17.0. The van der Waals surface area contributed by atoms with Gasteiger partial charge in [-0.2, -0.15) is 4.72 Å². The first-order valence-electron chi connectivity index (χ1n) is 9.63. The van der Waals surface area contributed by atoms with Gasteiger partial charge in [-0.1, -0.05) is 30.3 Å². The minimum absolute atomic E-state index is 0.0116. The van der Waals surface area contributed by atoms with Crippen molar-refractivity contribution in [1.82, 2.24) is 10.0 Å². The Morgan fingerprint density at radius 2 is 1.72 bits per heavy atom. The van der Waals surface area contributed by atoms with Crippen LogP contribution >= 0.6 is 0 Å². The number of amides is 1. The second kappa shape index (κ2) is 11.8. The molecule has 1 amide bonds. The lowest BCUT2D eigenvalue weighted by molar-refractivity contribution is -0.384. The number of nitrogens with one attached hydrogen (secondary N) is 2. The van der Waals surface area contributed by atoms with Crippen molar-refractivity contribution in [3.8, 4) is 0 Å². The minimum Gasteiger partial charge on any atom is -0.480 e. The average molecular weight is 465 g/mol. The number of non-ortho nitro benzene ring substituents is 1. The lowest BCUT2D eigenvalue weighted by atomic mass is 10.1. The maximum atomic E-state index is 12.4.